The summed E-state index contributed by atoms with van der Waals surface area (Å²) in [6.45, 7) is 5.14. The van der Waals surface area contributed by atoms with E-state index < -0.39 is 0 Å². The van der Waals surface area contributed by atoms with Crippen LogP contribution in [0.15, 0.2) is 30.3 Å². The minimum Gasteiger partial charge on any atom is -0.355 e. The molecule has 0 atom stereocenters. The van der Waals surface area contributed by atoms with Crippen LogP contribution in [0, 0.1) is 13.8 Å². The highest BCUT2D eigenvalue weighted by atomic mass is 35.5. The average Bonchev–Trinajstić information content (AvgIpc) is 2.87. The molecule has 0 unspecified atom stereocenters. The van der Waals surface area contributed by atoms with E-state index in [2.05, 4.69) is 15.7 Å². The van der Waals surface area contributed by atoms with Gasteiger partial charge in [0.05, 0.1) is 22.8 Å². The number of hydrogen-bond acceptors (Lipinski definition) is 3. The van der Waals surface area contributed by atoms with Gasteiger partial charge in [-0.05, 0) is 38.5 Å². The molecule has 0 spiro atoms. The van der Waals surface area contributed by atoms with E-state index in [0.717, 1.165) is 24.4 Å². The van der Waals surface area contributed by atoms with Gasteiger partial charge in [-0.25, -0.2) is 0 Å². The van der Waals surface area contributed by atoms with Crippen LogP contribution in [-0.4, -0.2) is 34.7 Å². The van der Waals surface area contributed by atoms with E-state index >= 15 is 0 Å². The van der Waals surface area contributed by atoms with Crippen LogP contribution in [-0.2, 0) is 11.3 Å². The molecule has 1 aromatic carbocycles. The maximum Gasteiger partial charge on any atom is 0.253 e. The summed E-state index contributed by atoms with van der Waals surface area (Å²) >= 11 is 5.94. The zero-order chi connectivity index (χ0) is 17.5. The van der Waals surface area contributed by atoms with Gasteiger partial charge in [0, 0.05) is 18.8 Å². The first-order valence-electron chi connectivity index (χ1n) is 7.78. The summed E-state index contributed by atoms with van der Waals surface area (Å²) in [4.78, 5) is 23.7. The zero-order valence-electron chi connectivity index (χ0n) is 13.8. The lowest BCUT2D eigenvalue weighted by atomic mass is 10.2. The van der Waals surface area contributed by atoms with Gasteiger partial charge in [-0.15, -0.1) is 0 Å². The minimum absolute atomic E-state index is 0.0794. The average molecular weight is 349 g/mol. The molecule has 0 aliphatic heterocycles. The first kappa shape index (κ1) is 18.0. The Labute approximate surface area is 146 Å². The largest absolute Gasteiger partial charge is 0.355 e. The first-order chi connectivity index (χ1) is 11.5. The second-order valence-electron chi connectivity index (χ2n) is 5.52. The summed E-state index contributed by atoms with van der Waals surface area (Å²) in [5, 5.41) is 10.1. The van der Waals surface area contributed by atoms with E-state index in [4.69, 9.17) is 11.6 Å². The van der Waals surface area contributed by atoms with Crippen molar-refractivity contribution in [2.45, 2.75) is 26.8 Å². The number of hydrogen-bond donors (Lipinski definition) is 2. The summed E-state index contributed by atoms with van der Waals surface area (Å²) in [6.07, 6.45) is 0.770. The van der Waals surface area contributed by atoms with Gasteiger partial charge >= 0.3 is 0 Å². The molecule has 0 saturated carbocycles. The smallest absolute Gasteiger partial charge is 0.253 e. The summed E-state index contributed by atoms with van der Waals surface area (Å²) in [7, 11) is 0. The predicted octanol–water partition coefficient (Wildman–Crippen LogP) is 2.09. The van der Waals surface area contributed by atoms with Crippen molar-refractivity contribution in [3.63, 3.8) is 0 Å². The summed E-state index contributed by atoms with van der Waals surface area (Å²) in [5.41, 5.74) is 2.45. The highest BCUT2D eigenvalue weighted by Gasteiger charge is 2.10. The van der Waals surface area contributed by atoms with Crippen LogP contribution in [0.2, 0.25) is 5.02 Å². The molecule has 2 amide bonds. The molecular weight excluding hydrogens is 328 g/mol. The highest BCUT2D eigenvalue weighted by Crippen LogP contribution is 2.14. The molecule has 0 aliphatic carbocycles. The summed E-state index contributed by atoms with van der Waals surface area (Å²) in [5.74, 6) is -0.595. The Bertz CT molecular complexity index is 727. The molecule has 128 valence electrons. The van der Waals surface area contributed by atoms with Crippen LogP contribution in [0.5, 0.6) is 0 Å². The Morgan fingerprint density at radius 1 is 1.21 bits per heavy atom. The topological polar surface area (TPSA) is 76.0 Å². The van der Waals surface area contributed by atoms with Crippen molar-refractivity contribution in [3.05, 3.63) is 52.3 Å². The molecule has 0 radical (unpaired) electrons. The lowest BCUT2D eigenvalue weighted by Crippen LogP contribution is -2.37. The van der Waals surface area contributed by atoms with Crippen LogP contribution in [0.4, 0.5) is 0 Å². The standard InChI is InChI=1S/C17H21ClN4O2/c1-12-10-13(2)22(21-12)9-5-8-19-16(23)11-20-17(24)14-6-3-4-7-15(14)18/h3-4,6-7,10H,5,8-9,11H2,1-2H3,(H,19,23)(H,20,24). The molecule has 7 heteroatoms. The van der Waals surface area contributed by atoms with Crippen molar-refractivity contribution >= 4 is 23.4 Å². The van der Waals surface area contributed by atoms with E-state index in [9.17, 15) is 9.59 Å². The Hall–Kier alpha value is -2.34. The van der Waals surface area contributed by atoms with Gasteiger partial charge in [-0.2, -0.15) is 5.10 Å². The zero-order valence-corrected chi connectivity index (χ0v) is 14.6. The molecule has 0 bridgehead atoms. The third-order valence-corrected chi connectivity index (χ3v) is 3.83. The lowest BCUT2D eigenvalue weighted by Gasteiger charge is -2.08. The van der Waals surface area contributed by atoms with E-state index in [1.165, 1.54) is 0 Å². The number of aromatic nitrogens is 2. The molecule has 2 aromatic rings. The fraction of sp³-hybridized carbons (Fsp3) is 0.353. The number of amides is 2. The number of nitrogens with one attached hydrogen (secondary N) is 2. The number of nitrogens with zero attached hydrogens (tertiary/aromatic N) is 2. The number of carbonyl (C=O) groups excluding carboxylic acids is 2. The number of benzene rings is 1. The van der Waals surface area contributed by atoms with Crippen LogP contribution in [0.1, 0.15) is 28.2 Å². The number of rotatable bonds is 7. The van der Waals surface area contributed by atoms with Crippen LogP contribution in [0.3, 0.4) is 0 Å². The monoisotopic (exact) mass is 348 g/mol. The predicted molar refractivity (Wildman–Crippen MR) is 93.1 cm³/mol. The van der Waals surface area contributed by atoms with Crippen LogP contribution < -0.4 is 10.6 Å². The molecule has 6 nitrogen and oxygen atoms in total. The second-order valence-corrected chi connectivity index (χ2v) is 5.92. The highest BCUT2D eigenvalue weighted by molar-refractivity contribution is 6.33. The van der Waals surface area contributed by atoms with Crippen molar-refractivity contribution in [2.24, 2.45) is 0 Å². The Morgan fingerprint density at radius 3 is 2.62 bits per heavy atom. The van der Waals surface area contributed by atoms with Crippen molar-refractivity contribution in [2.75, 3.05) is 13.1 Å². The van der Waals surface area contributed by atoms with Crippen molar-refractivity contribution in [3.8, 4) is 0 Å². The van der Waals surface area contributed by atoms with Gasteiger partial charge in [-0.1, -0.05) is 23.7 Å². The molecule has 1 heterocycles. The maximum atomic E-state index is 11.9. The second kappa shape index (κ2) is 8.49. The van der Waals surface area contributed by atoms with Gasteiger partial charge in [0.1, 0.15) is 0 Å². The van der Waals surface area contributed by atoms with Gasteiger partial charge in [0.15, 0.2) is 0 Å². The maximum absolute atomic E-state index is 11.9. The molecule has 24 heavy (non-hydrogen) atoms. The first-order valence-corrected chi connectivity index (χ1v) is 8.15. The fourth-order valence-electron chi connectivity index (χ4n) is 2.32. The molecule has 2 rings (SSSR count). The van der Waals surface area contributed by atoms with Crippen molar-refractivity contribution in [1.82, 2.24) is 20.4 Å². The quantitative estimate of drug-likeness (QED) is 0.752. The molecule has 0 aliphatic rings. The van der Waals surface area contributed by atoms with Crippen molar-refractivity contribution < 1.29 is 9.59 Å². The Kier molecular flexibility index (Phi) is 6.37. The number of halogens is 1. The SMILES string of the molecule is Cc1cc(C)n(CCCNC(=O)CNC(=O)c2ccccc2Cl)n1. The summed E-state index contributed by atoms with van der Waals surface area (Å²) in [6, 6.07) is 8.73. The van der Waals surface area contributed by atoms with E-state index in [0.29, 0.717) is 17.1 Å². The third kappa shape index (κ3) is 5.09. The van der Waals surface area contributed by atoms with E-state index in [1.54, 1.807) is 24.3 Å². The number of carbonyl (C=O) groups is 2. The number of aryl methyl sites for hydroxylation is 3. The minimum atomic E-state index is -0.363. The van der Waals surface area contributed by atoms with Crippen molar-refractivity contribution in [1.29, 1.82) is 0 Å². The van der Waals surface area contributed by atoms with Crippen LogP contribution in [0.25, 0.3) is 0 Å². The third-order valence-electron chi connectivity index (χ3n) is 3.50. The summed E-state index contributed by atoms with van der Waals surface area (Å²) < 4.78 is 1.92. The van der Waals surface area contributed by atoms with Gasteiger partial charge in [0.25, 0.3) is 5.91 Å². The lowest BCUT2D eigenvalue weighted by molar-refractivity contribution is -0.120. The molecule has 0 fully saturated rings. The van der Waals surface area contributed by atoms with Gasteiger partial charge in [0.2, 0.25) is 5.91 Å². The molecule has 0 saturated heterocycles. The normalized spacial score (nSPS) is 10.5. The fourth-order valence-corrected chi connectivity index (χ4v) is 2.54. The molecule has 2 N–H and O–H groups in total. The van der Waals surface area contributed by atoms with E-state index in [1.807, 2.05) is 24.6 Å². The van der Waals surface area contributed by atoms with E-state index in [-0.39, 0.29) is 18.4 Å². The van der Waals surface area contributed by atoms with Crippen LogP contribution >= 0.6 is 11.6 Å². The molecule has 1 aromatic heterocycles. The van der Waals surface area contributed by atoms with Gasteiger partial charge in [-0.3, -0.25) is 14.3 Å². The Balaban J connectivity index is 1.67. The molecular formula is C17H21ClN4O2. The Morgan fingerprint density at radius 2 is 1.96 bits per heavy atom. The van der Waals surface area contributed by atoms with Gasteiger partial charge < -0.3 is 10.6 Å².